The molecule has 1 amide bonds. The van der Waals surface area contributed by atoms with Crippen molar-refractivity contribution in [2.75, 3.05) is 24.2 Å². The van der Waals surface area contributed by atoms with E-state index in [1.807, 2.05) is 24.3 Å². The van der Waals surface area contributed by atoms with Gasteiger partial charge in [0, 0.05) is 30.6 Å². The van der Waals surface area contributed by atoms with Gasteiger partial charge in [-0.3, -0.25) is 9.10 Å². The second-order valence-electron chi connectivity index (χ2n) is 10.3. The molecule has 3 aromatic carbocycles. The number of carbonyl (C=O) groups is 1. The van der Waals surface area contributed by atoms with Gasteiger partial charge in [0.1, 0.15) is 17.2 Å². The normalized spacial score (nSPS) is 16.8. The van der Waals surface area contributed by atoms with E-state index < -0.39 is 29.1 Å². The van der Waals surface area contributed by atoms with Gasteiger partial charge in [0.25, 0.3) is 5.91 Å². The fraction of sp³-hybridized carbons (Fsp3) is 0.276. The highest BCUT2D eigenvalue weighted by molar-refractivity contribution is 7.92. The Hall–Kier alpha value is -3.67. The monoisotopic (exact) mass is 562 g/mol. The Morgan fingerprint density at radius 2 is 1.85 bits per heavy atom. The fourth-order valence-corrected chi connectivity index (χ4v) is 6.45. The Morgan fingerprint density at radius 1 is 1.12 bits per heavy atom. The van der Waals surface area contributed by atoms with Crippen LogP contribution in [0.4, 0.5) is 10.1 Å². The Balaban J connectivity index is 1.44. The molecule has 0 bridgehead atoms. The summed E-state index contributed by atoms with van der Waals surface area (Å²) in [5, 5.41) is 13.5. The molecule has 2 heterocycles. The molecule has 6 rings (SSSR count). The van der Waals surface area contributed by atoms with Crippen molar-refractivity contribution in [1.29, 1.82) is 0 Å². The zero-order chi connectivity index (χ0) is 28.2. The lowest BCUT2D eigenvalue weighted by atomic mass is 9.79. The number of halogens is 1. The first kappa shape index (κ1) is 26.6. The highest BCUT2D eigenvalue weighted by Gasteiger charge is 2.37. The molecule has 0 spiro atoms. The Morgan fingerprint density at radius 3 is 2.52 bits per heavy atom. The third kappa shape index (κ3) is 4.78. The minimum Gasteiger partial charge on any atom is -0.455 e. The molecule has 2 N–H and O–H groups in total. The molecule has 0 radical (unpaired) electrons. The van der Waals surface area contributed by atoms with Gasteiger partial charge in [-0.1, -0.05) is 24.3 Å². The summed E-state index contributed by atoms with van der Waals surface area (Å²) in [4.78, 5) is 13.0. The van der Waals surface area contributed by atoms with Gasteiger partial charge in [-0.25, -0.2) is 12.8 Å². The van der Waals surface area contributed by atoms with Crippen molar-refractivity contribution in [2.24, 2.45) is 0 Å². The number of amides is 1. The van der Waals surface area contributed by atoms with Crippen LogP contribution in [0, 0.1) is 5.82 Å². The predicted octanol–water partition coefficient (Wildman–Crippen LogP) is 4.09. The lowest BCUT2D eigenvalue weighted by Gasteiger charge is -2.26. The molecule has 1 saturated carbocycles. The summed E-state index contributed by atoms with van der Waals surface area (Å²) in [6, 6.07) is 16.6. The standard InChI is InChI=1S/C29H28BFN2O6S/c1-32-29(34)27-22-15-21(17-7-8-17)24(16-26(22)38-28(27)18-9-11-19(31)12-10-18)33(40(2,36)37)14-13-25-20-5-3-4-6-23(20)30(35)39-25/h3-6,9-12,15-17,25,35H,7-8,13-14H2,1-2H3,(H,32,34). The molecular formula is C29H28BFN2O6S. The summed E-state index contributed by atoms with van der Waals surface area (Å²) in [6.07, 6.45) is 2.83. The van der Waals surface area contributed by atoms with Gasteiger partial charge in [0.15, 0.2) is 0 Å². The van der Waals surface area contributed by atoms with Crippen molar-refractivity contribution < 1.29 is 31.7 Å². The largest absolute Gasteiger partial charge is 0.491 e. The van der Waals surface area contributed by atoms with Crippen LogP contribution in [0.25, 0.3) is 22.3 Å². The molecule has 0 saturated heterocycles. The number of carbonyl (C=O) groups excluding carboxylic acids is 1. The molecule has 2 aliphatic rings. The zero-order valence-corrected chi connectivity index (χ0v) is 22.9. The number of nitrogens with zero attached hydrogens (tertiary/aromatic N) is 1. The van der Waals surface area contributed by atoms with E-state index in [1.54, 1.807) is 24.3 Å². The first-order valence-corrected chi connectivity index (χ1v) is 15.0. The Bertz CT molecular complexity index is 1720. The van der Waals surface area contributed by atoms with Crippen LogP contribution in [-0.2, 0) is 14.7 Å². The maximum atomic E-state index is 13.6. The third-order valence-corrected chi connectivity index (χ3v) is 8.76. The number of nitrogens with one attached hydrogen (secondary N) is 1. The predicted molar refractivity (Wildman–Crippen MR) is 152 cm³/mol. The highest BCUT2D eigenvalue weighted by Crippen LogP contribution is 2.48. The molecule has 11 heteroatoms. The van der Waals surface area contributed by atoms with Gasteiger partial charge in [0.2, 0.25) is 10.0 Å². The van der Waals surface area contributed by atoms with Crippen molar-refractivity contribution in [3.05, 3.63) is 83.2 Å². The van der Waals surface area contributed by atoms with E-state index in [2.05, 4.69) is 5.32 Å². The van der Waals surface area contributed by atoms with Gasteiger partial charge >= 0.3 is 7.12 Å². The smallest absolute Gasteiger partial charge is 0.455 e. The Labute approximate surface area is 231 Å². The number of anilines is 1. The SMILES string of the molecule is CNC(=O)c1c(-c2ccc(F)cc2)oc2cc(N(CCC3OB(O)c4ccccc43)S(C)(=O)=O)c(C3CC3)cc12. The van der Waals surface area contributed by atoms with E-state index in [1.165, 1.54) is 23.5 Å². The molecule has 1 atom stereocenters. The second-order valence-corrected chi connectivity index (χ2v) is 12.2. The van der Waals surface area contributed by atoms with E-state index in [9.17, 15) is 22.6 Å². The maximum absolute atomic E-state index is 13.6. The van der Waals surface area contributed by atoms with E-state index >= 15 is 0 Å². The molecule has 1 aromatic heterocycles. The number of rotatable bonds is 8. The number of fused-ring (bicyclic) bond motifs is 2. The lowest BCUT2D eigenvalue weighted by Crippen LogP contribution is -2.32. The number of hydrogen-bond acceptors (Lipinski definition) is 6. The van der Waals surface area contributed by atoms with Crippen LogP contribution in [-0.4, -0.2) is 46.3 Å². The third-order valence-electron chi connectivity index (χ3n) is 7.58. The zero-order valence-electron chi connectivity index (χ0n) is 22.1. The average molecular weight is 562 g/mol. The van der Waals surface area contributed by atoms with E-state index in [-0.39, 0.29) is 24.1 Å². The van der Waals surface area contributed by atoms with Crippen LogP contribution in [0.5, 0.6) is 0 Å². The fourth-order valence-electron chi connectivity index (χ4n) is 5.50. The first-order valence-electron chi connectivity index (χ1n) is 13.1. The molecule has 206 valence electrons. The quantitative estimate of drug-likeness (QED) is 0.313. The molecule has 40 heavy (non-hydrogen) atoms. The van der Waals surface area contributed by atoms with Crippen molar-refractivity contribution in [3.8, 4) is 11.3 Å². The van der Waals surface area contributed by atoms with Gasteiger partial charge in [-0.15, -0.1) is 0 Å². The molecule has 1 aliphatic carbocycles. The number of benzene rings is 3. The van der Waals surface area contributed by atoms with E-state index in [4.69, 9.17) is 9.07 Å². The summed E-state index contributed by atoms with van der Waals surface area (Å²) in [7, 11) is -3.25. The highest BCUT2D eigenvalue weighted by atomic mass is 32.2. The van der Waals surface area contributed by atoms with Crippen LogP contribution in [0.1, 0.15) is 52.8 Å². The summed E-state index contributed by atoms with van der Waals surface area (Å²) >= 11 is 0. The summed E-state index contributed by atoms with van der Waals surface area (Å²) in [6.45, 7) is 0.115. The number of furan rings is 1. The molecule has 8 nitrogen and oxygen atoms in total. The van der Waals surface area contributed by atoms with E-state index in [0.29, 0.717) is 39.7 Å². The van der Waals surface area contributed by atoms with Gasteiger partial charge in [0.05, 0.1) is 23.6 Å². The van der Waals surface area contributed by atoms with Gasteiger partial charge < -0.3 is 19.4 Å². The van der Waals surface area contributed by atoms with E-state index in [0.717, 1.165) is 30.2 Å². The molecule has 4 aromatic rings. The van der Waals surface area contributed by atoms with Crippen LogP contribution in [0.2, 0.25) is 0 Å². The van der Waals surface area contributed by atoms with Crippen LogP contribution < -0.4 is 15.1 Å². The van der Waals surface area contributed by atoms with Crippen LogP contribution >= 0.6 is 0 Å². The van der Waals surface area contributed by atoms with Gasteiger partial charge in [-0.2, -0.15) is 0 Å². The van der Waals surface area contributed by atoms with Crippen molar-refractivity contribution in [1.82, 2.24) is 5.32 Å². The molecule has 1 fully saturated rings. The summed E-state index contributed by atoms with van der Waals surface area (Å²) < 4.78 is 53.2. The van der Waals surface area contributed by atoms with Crippen LogP contribution in [0.15, 0.2) is 65.1 Å². The lowest BCUT2D eigenvalue weighted by molar-refractivity contribution is 0.0964. The summed E-state index contributed by atoms with van der Waals surface area (Å²) in [5.41, 5.74) is 4.03. The molecular weight excluding hydrogens is 534 g/mol. The average Bonchev–Trinajstić information content (AvgIpc) is 3.64. The second kappa shape index (κ2) is 10.1. The number of sulfonamides is 1. The van der Waals surface area contributed by atoms with Crippen molar-refractivity contribution in [2.45, 2.75) is 31.3 Å². The van der Waals surface area contributed by atoms with Crippen molar-refractivity contribution in [3.63, 3.8) is 0 Å². The summed E-state index contributed by atoms with van der Waals surface area (Å²) in [5.74, 6) is -0.340. The van der Waals surface area contributed by atoms with Crippen molar-refractivity contribution >= 4 is 45.2 Å². The first-order chi connectivity index (χ1) is 19.2. The minimum atomic E-state index is -3.73. The molecule has 1 unspecified atom stereocenters. The Kier molecular flexibility index (Phi) is 6.68. The molecule has 1 aliphatic heterocycles. The number of hydrogen-bond donors (Lipinski definition) is 2. The minimum absolute atomic E-state index is 0.115. The van der Waals surface area contributed by atoms with Crippen LogP contribution in [0.3, 0.4) is 0 Å². The maximum Gasteiger partial charge on any atom is 0.491 e. The van der Waals surface area contributed by atoms with Gasteiger partial charge in [-0.05, 0) is 72.1 Å². The topological polar surface area (TPSA) is 109 Å².